The third-order valence-electron chi connectivity index (χ3n) is 3.48. The lowest BCUT2D eigenvalue weighted by atomic mass is 10.1. The number of hydrogen-bond acceptors (Lipinski definition) is 5. The first-order valence-electron chi connectivity index (χ1n) is 8.10. The van der Waals surface area contributed by atoms with Gasteiger partial charge in [-0.15, -0.1) is 0 Å². The second-order valence-electron chi connectivity index (χ2n) is 5.56. The van der Waals surface area contributed by atoms with E-state index in [2.05, 4.69) is 26.6 Å². The number of hydrogen-bond donors (Lipinski definition) is 2. The molecule has 9 heteroatoms. The fourth-order valence-corrected chi connectivity index (χ4v) is 2.40. The summed E-state index contributed by atoms with van der Waals surface area (Å²) in [5.41, 5.74) is 0.757. The van der Waals surface area contributed by atoms with E-state index in [0.29, 0.717) is 16.1 Å². The lowest BCUT2D eigenvalue weighted by molar-refractivity contribution is -0.142. The smallest absolute Gasteiger partial charge is 0.325 e. The van der Waals surface area contributed by atoms with Gasteiger partial charge in [-0.2, -0.15) is 0 Å². The van der Waals surface area contributed by atoms with Crippen LogP contribution in [0.25, 0.3) is 0 Å². The molecule has 7 nitrogen and oxygen atoms in total. The van der Waals surface area contributed by atoms with Crippen LogP contribution in [0.4, 0.5) is 0 Å². The first-order valence-corrected chi connectivity index (χ1v) is 9.27. The summed E-state index contributed by atoms with van der Waals surface area (Å²) in [5.74, 6) is -2.14. The monoisotopic (exact) mass is 466 g/mol. The van der Waals surface area contributed by atoms with E-state index in [-0.39, 0.29) is 6.54 Å². The van der Waals surface area contributed by atoms with Gasteiger partial charge in [0.1, 0.15) is 6.54 Å². The van der Waals surface area contributed by atoms with Gasteiger partial charge in [-0.05, 0) is 48.5 Å². The maximum Gasteiger partial charge on any atom is 0.325 e. The molecule has 0 radical (unpaired) electrons. The number of amides is 2. The molecule has 2 rings (SSSR count). The van der Waals surface area contributed by atoms with E-state index in [1.165, 1.54) is 12.1 Å². The number of ether oxygens (including phenoxy) is 1. The van der Waals surface area contributed by atoms with Crippen molar-refractivity contribution in [3.63, 3.8) is 0 Å². The molecule has 28 heavy (non-hydrogen) atoms. The van der Waals surface area contributed by atoms with Crippen molar-refractivity contribution < 1.29 is 23.9 Å². The average molecular weight is 468 g/mol. The molecule has 0 aliphatic rings. The number of rotatable bonds is 8. The zero-order chi connectivity index (χ0) is 20.5. The second-order valence-corrected chi connectivity index (χ2v) is 6.91. The summed E-state index contributed by atoms with van der Waals surface area (Å²) >= 11 is 9.00. The Hall–Kier alpha value is -2.71. The lowest BCUT2D eigenvalue weighted by Gasteiger charge is -2.08. The summed E-state index contributed by atoms with van der Waals surface area (Å²) in [6, 6.07) is 12.8. The van der Waals surface area contributed by atoms with Gasteiger partial charge in [0.05, 0.1) is 6.54 Å². The summed E-state index contributed by atoms with van der Waals surface area (Å²) in [7, 11) is 0. The summed E-state index contributed by atoms with van der Waals surface area (Å²) in [5, 5.41) is 5.23. The Kier molecular flexibility index (Phi) is 8.16. The highest BCUT2D eigenvalue weighted by molar-refractivity contribution is 9.10. The molecule has 0 unspecified atom stereocenters. The van der Waals surface area contributed by atoms with Crippen molar-refractivity contribution in [3.8, 4) is 0 Å². The first kappa shape index (κ1) is 21.6. The molecular weight excluding hydrogens is 452 g/mol. The number of esters is 1. The molecule has 0 saturated heterocycles. The Labute approximate surface area is 174 Å². The van der Waals surface area contributed by atoms with E-state index >= 15 is 0 Å². The molecule has 0 aliphatic heterocycles. The Morgan fingerprint density at radius 2 is 1.46 bits per heavy atom. The van der Waals surface area contributed by atoms with Crippen molar-refractivity contribution in [1.82, 2.24) is 10.6 Å². The zero-order valence-electron chi connectivity index (χ0n) is 14.5. The molecule has 2 amide bonds. The molecule has 0 spiro atoms. The van der Waals surface area contributed by atoms with Gasteiger partial charge in [-0.25, -0.2) is 0 Å². The number of benzene rings is 2. The van der Waals surface area contributed by atoms with Gasteiger partial charge in [0.2, 0.25) is 5.91 Å². The molecule has 2 aromatic rings. The zero-order valence-corrected chi connectivity index (χ0v) is 16.9. The van der Waals surface area contributed by atoms with E-state index in [4.69, 9.17) is 16.3 Å². The molecule has 0 saturated carbocycles. The highest BCUT2D eigenvalue weighted by Crippen LogP contribution is 2.11. The number of carbonyl (C=O) groups is 4. The van der Waals surface area contributed by atoms with E-state index in [1.54, 1.807) is 36.4 Å². The molecule has 0 aliphatic carbocycles. The van der Waals surface area contributed by atoms with Gasteiger partial charge < -0.3 is 15.4 Å². The van der Waals surface area contributed by atoms with Gasteiger partial charge in [0.25, 0.3) is 5.91 Å². The SMILES string of the molecule is O=C(CNC(=O)c1ccc(Br)cc1)NCC(=O)OCC(=O)c1ccc(Cl)cc1. The van der Waals surface area contributed by atoms with Crippen LogP contribution in [0.3, 0.4) is 0 Å². The number of ketones is 1. The largest absolute Gasteiger partial charge is 0.456 e. The second kappa shape index (κ2) is 10.6. The van der Waals surface area contributed by atoms with Gasteiger partial charge in [-0.3, -0.25) is 19.2 Å². The van der Waals surface area contributed by atoms with E-state index < -0.39 is 36.7 Å². The molecule has 2 N–H and O–H groups in total. The fourth-order valence-electron chi connectivity index (χ4n) is 2.01. The molecule has 0 fully saturated rings. The maximum atomic E-state index is 11.9. The van der Waals surface area contributed by atoms with Gasteiger partial charge in [-0.1, -0.05) is 27.5 Å². The molecule has 0 aromatic heterocycles. The minimum atomic E-state index is -0.769. The van der Waals surface area contributed by atoms with E-state index in [0.717, 1.165) is 4.47 Å². The Bertz CT molecular complexity index is 795. The van der Waals surface area contributed by atoms with Crippen LogP contribution in [-0.4, -0.2) is 43.3 Å². The van der Waals surface area contributed by atoms with Crippen LogP contribution < -0.4 is 10.6 Å². The average Bonchev–Trinajstić information content (AvgIpc) is 2.69. The number of halogens is 2. The normalized spacial score (nSPS) is 10.1. The Morgan fingerprint density at radius 3 is 2.11 bits per heavy atom. The number of carbonyl (C=O) groups excluding carboxylic acids is 4. The minimum Gasteiger partial charge on any atom is -0.456 e. The first-order chi connectivity index (χ1) is 13.3. The fraction of sp³-hybridized carbons (Fsp3) is 0.158. The van der Waals surface area contributed by atoms with Crippen molar-refractivity contribution in [2.75, 3.05) is 19.7 Å². The van der Waals surface area contributed by atoms with Gasteiger partial charge in [0, 0.05) is 20.6 Å². The predicted molar refractivity (Wildman–Crippen MR) is 106 cm³/mol. The number of nitrogens with one attached hydrogen (secondary N) is 2. The topological polar surface area (TPSA) is 102 Å². The van der Waals surface area contributed by atoms with Crippen LogP contribution in [0.5, 0.6) is 0 Å². The van der Waals surface area contributed by atoms with Crippen LogP contribution in [0.2, 0.25) is 5.02 Å². The van der Waals surface area contributed by atoms with E-state index in [9.17, 15) is 19.2 Å². The third kappa shape index (κ3) is 7.13. The van der Waals surface area contributed by atoms with Gasteiger partial charge >= 0.3 is 5.97 Å². The Morgan fingerprint density at radius 1 is 0.857 bits per heavy atom. The summed E-state index contributed by atoms with van der Waals surface area (Å²) in [6.45, 7) is -1.16. The molecule has 0 heterocycles. The van der Waals surface area contributed by atoms with Crippen molar-refractivity contribution in [2.24, 2.45) is 0 Å². The maximum absolute atomic E-state index is 11.9. The van der Waals surface area contributed by atoms with Crippen molar-refractivity contribution in [1.29, 1.82) is 0 Å². The summed E-state index contributed by atoms with van der Waals surface area (Å²) < 4.78 is 5.65. The van der Waals surface area contributed by atoms with Crippen LogP contribution >= 0.6 is 27.5 Å². The molecule has 0 atom stereocenters. The van der Waals surface area contributed by atoms with Crippen LogP contribution in [0.15, 0.2) is 53.0 Å². The van der Waals surface area contributed by atoms with Crippen molar-refractivity contribution in [2.45, 2.75) is 0 Å². The quantitative estimate of drug-likeness (QED) is 0.458. The standard InChI is InChI=1S/C19H16BrClN2O5/c20-14-5-1-13(2-6-14)19(27)23-9-17(25)22-10-18(26)28-11-16(24)12-3-7-15(21)8-4-12/h1-8H,9-11H2,(H,22,25)(H,23,27). The van der Waals surface area contributed by atoms with Crippen LogP contribution in [0, 0.1) is 0 Å². The highest BCUT2D eigenvalue weighted by Gasteiger charge is 2.12. The molecule has 2 aromatic carbocycles. The minimum absolute atomic E-state index is 0.300. The number of Topliss-reactive ketones (excluding diaryl/α,β-unsaturated/α-hetero) is 1. The third-order valence-corrected chi connectivity index (χ3v) is 4.26. The molecule has 0 bridgehead atoms. The van der Waals surface area contributed by atoms with Crippen LogP contribution in [0.1, 0.15) is 20.7 Å². The predicted octanol–water partition coefficient (Wildman–Crippen LogP) is 2.37. The summed E-state index contributed by atoms with van der Waals surface area (Å²) in [4.78, 5) is 47.1. The summed E-state index contributed by atoms with van der Waals surface area (Å²) in [6.07, 6.45) is 0. The molecular formula is C19H16BrClN2O5. The molecule has 146 valence electrons. The van der Waals surface area contributed by atoms with E-state index in [1.807, 2.05) is 0 Å². The van der Waals surface area contributed by atoms with Crippen molar-refractivity contribution in [3.05, 3.63) is 69.2 Å². The van der Waals surface area contributed by atoms with Gasteiger partial charge in [0.15, 0.2) is 12.4 Å². The van der Waals surface area contributed by atoms with Crippen molar-refractivity contribution >= 4 is 51.1 Å². The van der Waals surface area contributed by atoms with Crippen LogP contribution in [-0.2, 0) is 14.3 Å². The highest BCUT2D eigenvalue weighted by atomic mass is 79.9. The lowest BCUT2D eigenvalue weighted by Crippen LogP contribution is -2.39. The Balaban J connectivity index is 1.67.